The van der Waals surface area contributed by atoms with E-state index in [4.69, 9.17) is 0 Å². The van der Waals surface area contributed by atoms with Crippen LogP contribution in [0.5, 0.6) is 0 Å². The van der Waals surface area contributed by atoms with E-state index in [1.54, 1.807) is 0 Å². The second-order valence-electron chi connectivity index (χ2n) is 6.65. The molecule has 2 rings (SSSR count). The van der Waals surface area contributed by atoms with Crippen molar-refractivity contribution >= 4 is 5.65 Å². The van der Waals surface area contributed by atoms with Crippen molar-refractivity contribution < 1.29 is 0 Å². The number of rotatable bonds is 0. The zero-order valence-corrected chi connectivity index (χ0v) is 11.6. The van der Waals surface area contributed by atoms with Gasteiger partial charge in [0.1, 0.15) is 5.82 Å². The first-order valence-corrected chi connectivity index (χ1v) is 6.04. The van der Waals surface area contributed by atoms with E-state index in [1.165, 1.54) is 5.56 Å². The van der Waals surface area contributed by atoms with Gasteiger partial charge in [0, 0.05) is 17.8 Å². The highest BCUT2D eigenvalue weighted by atomic mass is 15.1. The lowest BCUT2D eigenvalue weighted by Crippen LogP contribution is -2.18. The van der Waals surface area contributed by atoms with Crippen LogP contribution < -0.4 is 0 Å². The Morgan fingerprint density at radius 2 is 1.53 bits per heavy atom. The Balaban J connectivity index is 2.67. The Kier molecular flexibility index (Phi) is 2.53. The summed E-state index contributed by atoms with van der Waals surface area (Å²) < 4.78 is 2.11. The molecule has 3 heteroatoms. The maximum absolute atomic E-state index is 4.49. The van der Waals surface area contributed by atoms with E-state index in [-0.39, 0.29) is 10.8 Å². The van der Waals surface area contributed by atoms with Crippen molar-refractivity contribution in [3.63, 3.8) is 0 Å². The van der Waals surface area contributed by atoms with Crippen LogP contribution in [0.4, 0.5) is 0 Å². The predicted molar refractivity (Wildman–Crippen MR) is 70.4 cm³/mol. The van der Waals surface area contributed by atoms with Gasteiger partial charge < -0.3 is 0 Å². The molecule has 2 aromatic heterocycles. The summed E-state index contributed by atoms with van der Waals surface area (Å²) in [5.74, 6) is 1.06. The molecule has 0 aliphatic heterocycles. The molecule has 3 nitrogen and oxygen atoms in total. The van der Waals surface area contributed by atoms with E-state index in [0.717, 1.165) is 11.5 Å². The standard InChI is InChI=1S/C14H21N3/c1-13(2,3)10-7-15-11-8-16-12(14(4,5)6)17(11)9-10/h7-9H,1-6H3. The quantitative estimate of drug-likeness (QED) is 0.696. The fourth-order valence-electron chi connectivity index (χ4n) is 1.82. The fourth-order valence-corrected chi connectivity index (χ4v) is 1.82. The Hall–Kier alpha value is -1.38. The molecule has 0 aliphatic rings. The summed E-state index contributed by atoms with van der Waals surface area (Å²) in [5, 5.41) is 0. The lowest BCUT2D eigenvalue weighted by Gasteiger charge is -2.21. The minimum absolute atomic E-state index is 0.0323. The second kappa shape index (κ2) is 3.56. The molecule has 0 saturated carbocycles. The van der Waals surface area contributed by atoms with Crippen LogP contribution in [-0.4, -0.2) is 14.4 Å². The Labute approximate surface area is 103 Å². The molecular weight excluding hydrogens is 210 g/mol. The molecule has 0 aliphatic carbocycles. The molecule has 2 aromatic rings. The molecule has 0 radical (unpaired) electrons. The molecule has 0 aromatic carbocycles. The lowest BCUT2D eigenvalue weighted by molar-refractivity contribution is 0.536. The highest BCUT2D eigenvalue weighted by Gasteiger charge is 2.21. The van der Waals surface area contributed by atoms with Crippen molar-refractivity contribution in [3.05, 3.63) is 30.0 Å². The van der Waals surface area contributed by atoms with Crippen molar-refractivity contribution in [3.8, 4) is 0 Å². The maximum atomic E-state index is 4.49. The van der Waals surface area contributed by atoms with Crippen molar-refractivity contribution in [1.82, 2.24) is 14.4 Å². The zero-order chi connectivity index (χ0) is 12.8. The number of aromatic nitrogens is 3. The van der Waals surface area contributed by atoms with Gasteiger partial charge in [-0.3, -0.25) is 4.40 Å². The largest absolute Gasteiger partial charge is 0.287 e. The number of hydrogen-bond acceptors (Lipinski definition) is 2. The highest BCUT2D eigenvalue weighted by molar-refractivity contribution is 5.40. The predicted octanol–water partition coefficient (Wildman–Crippen LogP) is 3.32. The normalized spacial score (nSPS) is 13.3. The van der Waals surface area contributed by atoms with Crippen molar-refractivity contribution in [2.75, 3.05) is 0 Å². The summed E-state index contributed by atoms with van der Waals surface area (Å²) in [7, 11) is 0. The van der Waals surface area contributed by atoms with Crippen LogP contribution in [0.1, 0.15) is 52.9 Å². The third-order valence-corrected chi connectivity index (χ3v) is 2.92. The van der Waals surface area contributed by atoms with Gasteiger partial charge in [-0.15, -0.1) is 0 Å². The summed E-state index contributed by atoms with van der Waals surface area (Å²) in [6.07, 6.45) is 5.95. The van der Waals surface area contributed by atoms with Crippen LogP contribution in [-0.2, 0) is 10.8 Å². The van der Waals surface area contributed by atoms with Crippen LogP contribution in [0.15, 0.2) is 18.6 Å². The average Bonchev–Trinajstić information content (AvgIpc) is 2.57. The molecule has 2 heterocycles. The monoisotopic (exact) mass is 231 g/mol. The maximum Gasteiger partial charge on any atom is 0.156 e. The van der Waals surface area contributed by atoms with Crippen molar-refractivity contribution in [2.24, 2.45) is 0 Å². The van der Waals surface area contributed by atoms with Crippen LogP contribution in [0, 0.1) is 0 Å². The van der Waals surface area contributed by atoms with Gasteiger partial charge in [0.2, 0.25) is 0 Å². The molecule has 0 N–H and O–H groups in total. The molecule has 0 bridgehead atoms. The molecule has 17 heavy (non-hydrogen) atoms. The zero-order valence-electron chi connectivity index (χ0n) is 11.6. The number of hydrogen-bond donors (Lipinski definition) is 0. The number of fused-ring (bicyclic) bond motifs is 1. The summed E-state index contributed by atoms with van der Waals surface area (Å²) in [6, 6.07) is 0. The number of nitrogens with zero attached hydrogens (tertiary/aromatic N) is 3. The molecule has 0 spiro atoms. The first kappa shape index (κ1) is 12.1. The van der Waals surface area contributed by atoms with Gasteiger partial charge in [-0.25, -0.2) is 9.97 Å². The van der Waals surface area contributed by atoms with E-state index in [9.17, 15) is 0 Å². The van der Waals surface area contributed by atoms with E-state index in [1.807, 2.05) is 12.4 Å². The van der Waals surface area contributed by atoms with Gasteiger partial charge in [0.25, 0.3) is 0 Å². The van der Waals surface area contributed by atoms with E-state index in [0.29, 0.717) is 0 Å². The number of imidazole rings is 1. The third kappa shape index (κ3) is 2.19. The Bertz CT molecular complexity index is 539. The van der Waals surface area contributed by atoms with Gasteiger partial charge in [-0.05, 0) is 11.0 Å². The summed E-state index contributed by atoms with van der Waals surface area (Å²) >= 11 is 0. The summed E-state index contributed by atoms with van der Waals surface area (Å²) in [5.41, 5.74) is 2.29. The first-order valence-electron chi connectivity index (χ1n) is 6.04. The Morgan fingerprint density at radius 3 is 2.06 bits per heavy atom. The van der Waals surface area contributed by atoms with E-state index < -0.39 is 0 Å². The van der Waals surface area contributed by atoms with Crippen LogP contribution in [0.25, 0.3) is 5.65 Å². The second-order valence-corrected chi connectivity index (χ2v) is 6.65. The lowest BCUT2D eigenvalue weighted by atomic mass is 9.89. The smallest absolute Gasteiger partial charge is 0.156 e. The molecule has 0 atom stereocenters. The van der Waals surface area contributed by atoms with Crippen LogP contribution in [0.2, 0.25) is 0 Å². The Morgan fingerprint density at radius 1 is 0.882 bits per heavy atom. The molecule has 0 unspecified atom stereocenters. The molecule has 0 saturated heterocycles. The van der Waals surface area contributed by atoms with Crippen LogP contribution >= 0.6 is 0 Å². The first-order chi connectivity index (χ1) is 7.69. The van der Waals surface area contributed by atoms with Gasteiger partial charge in [0.15, 0.2) is 5.65 Å². The minimum atomic E-state index is 0.0323. The van der Waals surface area contributed by atoms with E-state index in [2.05, 4.69) is 62.1 Å². The summed E-state index contributed by atoms with van der Waals surface area (Å²) in [6.45, 7) is 13.1. The SMILES string of the molecule is CC(C)(C)c1cnc2cnc(C(C)(C)C)n2c1. The van der Waals surface area contributed by atoms with Crippen molar-refractivity contribution in [1.29, 1.82) is 0 Å². The molecular formula is C14H21N3. The van der Waals surface area contributed by atoms with E-state index >= 15 is 0 Å². The fraction of sp³-hybridized carbons (Fsp3) is 0.571. The van der Waals surface area contributed by atoms with Gasteiger partial charge in [-0.2, -0.15) is 0 Å². The molecule has 0 amide bonds. The molecule has 0 fully saturated rings. The van der Waals surface area contributed by atoms with Gasteiger partial charge in [0.05, 0.1) is 6.20 Å². The summed E-state index contributed by atoms with van der Waals surface area (Å²) in [4.78, 5) is 8.97. The van der Waals surface area contributed by atoms with Crippen molar-refractivity contribution in [2.45, 2.75) is 52.4 Å². The minimum Gasteiger partial charge on any atom is -0.287 e. The topological polar surface area (TPSA) is 30.2 Å². The van der Waals surface area contributed by atoms with Crippen LogP contribution in [0.3, 0.4) is 0 Å². The molecule has 92 valence electrons. The third-order valence-electron chi connectivity index (χ3n) is 2.92. The average molecular weight is 231 g/mol. The van der Waals surface area contributed by atoms with Gasteiger partial charge in [-0.1, -0.05) is 41.5 Å². The highest BCUT2D eigenvalue weighted by Crippen LogP contribution is 2.25. The van der Waals surface area contributed by atoms with Gasteiger partial charge >= 0.3 is 0 Å².